The number of benzene rings is 1. The molecule has 29 heavy (non-hydrogen) atoms. The zero-order valence-electron chi connectivity index (χ0n) is 16.4. The summed E-state index contributed by atoms with van der Waals surface area (Å²) >= 11 is 7.41. The summed E-state index contributed by atoms with van der Waals surface area (Å²) in [6.07, 6.45) is 1.45. The predicted molar refractivity (Wildman–Crippen MR) is 117 cm³/mol. The highest BCUT2D eigenvalue weighted by atomic mass is 35.5. The van der Waals surface area contributed by atoms with E-state index in [1.54, 1.807) is 51.1 Å². The van der Waals surface area contributed by atoms with E-state index in [1.807, 2.05) is 0 Å². The lowest BCUT2D eigenvalue weighted by Crippen LogP contribution is -2.31. The molecule has 2 N–H and O–H groups in total. The molecule has 1 unspecified atom stereocenters. The topological polar surface area (TPSA) is 84.1 Å². The summed E-state index contributed by atoms with van der Waals surface area (Å²) in [5.41, 5.74) is 1.80. The summed E-state index contributed by atoms with van der Waals surface area (Å²) in [6.45, 7) is 9.03. The lowest BCUT2D eigenvalue weighted by molar-refractivity contribution is -0.143. The summed E-state index contributed by atoms with van der Waals surface area (Å²) in [5, 5.41) is 4.17. The van der Waals surface area contributed by atoms with Crippen molar-refractivity contribution < 1.29 is 9.53 Å². The molecule has 0 aliphatic carbocycles. The number of aromatic amines is 1. The van der Waals surface area contributed by atoms with Crippen molar-refractivity contribution in [3.05, 3.63) is 74.7 Å². The van der Waals surface area contributed by atoms with Gasteiger partial charge in [0.25, 0.3) is 5.56 Å². The van der Waals surface area contributed by atoms with E-state index in [4.69, 9.17) is 16.3 Å². The second kappa shape index (κ2) is 8.88. The van der Waals surface area contributed by atoms with Crippen LogP contribution < -0.4 is 10.9 Å². The Morgan fingerprint density at radius 3 is 2.69 bits per heavy atom. The number of aromatic nitrogens is 2. The molecule has 8 heteroatoms. The van der Waals surface area contributed by atoms with Crippen molar-refractivity contribution in [2.24, 2.45) is 0 Å². The van der Waals surface area contributed by atoms with E-state index in [9.17, 15) is 9.59 Å². The fourth-order valence-electron chi connectivity index (χ4n) is 3.17. The Bertz CT molecular complexity index is 1030. The Labute approximate surface area is 178 Å². The zero-order chi connectivity index (χ0) is 21.1. The molecular weight excluding hydrogens is 410 g/mol. The van der Waals surface area contributed by atoms with Crippen LogP contribution in [-0.4, -0.2) is 27.8 Å². The molecule has 1 atom stereocenters. The van der Waals surface area contributed by atoms with Crippen LogP contribution in [0.2, 0.25) is 5.02 Å². The van der Waals surface area contributed by atoms with E-state index in [1.165, 1.54) is 11.8 Å². The van der Waals surface area contributed by atoms with Crippen LogP contribution in [0.5, 0.6) is 0 Å². The molecular formula is C21H22ClN3O3S. The number of anilines is 1. The SMILES string of the molecule is C=CCSc1nc2c(c(=O)[nH]1)C(c1ccc(Cl)cc1)C(C(=O)OC(C)C)=C(C)N2. The minimum Gasteiger partial charge on any atom is -0.460 e. The summed E-state index contributed by atoms with van der Waals surface area (Å²) < 4.78 is 5.46. The van der Waals surface area contributed by atoms with Crippen LogP contribution in [-0.2, 0) is 9.53 Å². The third-order valence-electron chi connectivity index (χ3n) is 4.32. The molecule has 6 nitrogen and oxygen atoms in total. The van der Waals surface area contributed by atoms with Gasteiger partial charge in [-0.1, -0.05) is 41.6 Å². The number of halogens is 1. The van der Waals surface area contributed by atoms with E-state index in [0.717, 1.165) is 5.56 Å². The normalized spacial score (nSPS) is 15.7. The van der Waals surface area contributed by atoms with Gasteiger partial charge in [-0.15, -0.1) is 6.58 Å². The highest BCUT2D eigenvalue weighted by Crippen LogP contribution is 2.40. The number of rotatable bonds is 6. The Hall–Kier alpha value is -2.51. The standard InChI is InChI=1S/C21H22ClN3O3S/c1-5-10-29-21-24-18-17(19(26)25-21)16(13-6-8-14(22)9-7-13)15(12(4)23-18)20(27)28-11(2)3/h5-9,11,16H,1,10H2,2-4H3,(H2,23,24,25,26). The van der Waals surface area contributed by atoms with Crippen LogP contribution in [0.4, 0.5) is 5.82 Å². The van der Waals surface area contributed by atoms with Gasteiger partial charge >= 0.3 is 5.97 Å². The number of hydrogen-bond donors (Lipinski definition) is 2. The largest absolute Gasteiger partial charge is 0.460 e. The van der Waals surface area contributed by atoms with Gasteiger partial charge in [-0.05, 0) is 38.5 Å². The maximum Gasteiger partial charge on any atom is 0.337 e. The monoisotopic (exact) mass is 431 g/mol. The van der Waals surface area contributed by atoms with Crippen molar-refractivity contribution in [1.29, 1.82) is 0 Å². The average molecular weight is 432 g/mol. The molecule has 1 aromatic heterocycles. The van der Waals surface area contributed by atoms with Gasteiger partial charge in [0.05, 0.1) is 23.2 Å². The Morgan fingerprint density at radius 1 is 1.38 bits per heavy atom. The van der Waals surface area contributed by atoms with Crippen molar-refractivity contribution in [3.8, 4) is 0 Å². The minimum atomic E-state index is -0.621. The minimum absolute atomic E-state index is 0.288. The van der Waals surface area contributed by atoms with Crippen molar-refractivity contribution >= 4 is 35.1 Å². The van der Waals surface area contributed by atoms with Gasteiger partial charge in [-0.3, -0.25) is 4.79 Å². The highest BCUT2D eigenvalue weighted by molar-refractivity contribution is 7.99. The summed E-state index contributed by atoms with van der Waals surface area (Å²) in [7, 11) is 0. The fraction of sp³-hybridized carbons (Fsp3) is 0.286. The van der Waals surface area contributed by atoms with Gasteiger partial charge in [0.2, 0.25) is 0 Å². The molecule has 1 aliphatic heterocycles. The molecule has 0 saturated carbocycles. The molecule has 0 amide bonds. The number of nitrogens with one attached hydrogen (secondary N) is 2. The third-order valence-corrected chi connectivity index (χ3v) is 5.45. The predicted octanol–water partition coefficient (Wildman–Crippen LogP) is 4.48. The molecule has 0 radical (unpaired) electrons. The number of carbonyl (C=O) groups excluding carboxylic acids is 1. The Morgan fingerprint density at radius 2 is 2.07 bits per heavy atom. The van der Waals surface area contributed by atoms with Crippen LogP contribution >= 0.6 is 23.4 Å². The van der Waals surface area contributed by atoms with Gasteiger partial charge in [0.1, 0.15) is 5.82 Å². The number of nitrogens with zero attached hydrogens (tertiary/aromatic N) is 1. The van der Waals surface area contributed by atoms with Gasteiger partial charge < -0.3 is 15.0 Å². The van der Waals surface area contributed by atoms with Gasteiger partial charge in [-0.25, -0.2) is 9.78 Å². The lowest BCUT2D eigenvalue weighted by atomic mass is 9.82. The summed E-state index contributed by atoms with van der Waals surface area (Å²) in [5.74, 6) is -0.0493. The number of esters is 1. The number of ether oxygens (including phenoxy) is 1. The number of thioether (sulfide) groups is 1. The Kier molecular flexibility index (Phi) is 6.49. The van der Waals surface area contributed by atoms with Crippen LogP contribution in [0.1, 0.15) is 37.8 Å². The second-order valence-corrected chi connectivity index (χ2v) is 8.28. The van der Waals surface area contributed by atoms with Crippen LogP contribution in [0, 0.1) is 0 Å². The lowest BCUT2D eigenvalue weighted by Gasteiger charge is -2.29. The van der Waals surface area contributed by atoms with Crippen molar-refractivity contribution in [1.82, 2.24) is 9.97 Å². The van der Waals surface area contributed by atoms with E-state index < -0.39 is 11.9 Å². The maximum atomic E-state index is 13.0. The molecule has 1 aromatic carbocycles. The van der Waals surface area contributed by atoms with Gasteiger partial charge in [-0.2, -0.15) is 0 Å². The molecule has 2 aromatic rings. The summed E-state index contributed by atoms with van der Waals surface area (Å²) in [4.78, 5) is 33.3. The number of allylic oxidation sites excluding steroid dienone is 1. The van der Waals surface area contributed by atoms with Gasteiger partial charge in [0, 0.05) is 16.5 Å². The molecule has 3 rings (SSSR count). The van der Waals surface area contributed by atoms with E-state index in [0.29, 0.717) is 38.6 Å². The summed E-state index contributed by atoms with van der Waals surface area (Å²) in [6, 6.07) is 7.07. The maximum absolute atomic E-state index is 13.0. The first-order valence-corrected chi connectivity index (χ1v) is 10.5. The van der Waals surface area contributed by atoms with Crippen LogP contribution in [0.3, 0.4) is 0 Å². The highest BCUT2D eigenvalue weighted by Gasteiger charge is 2.36. The first-order valence-electron chi connectivity index (χ1n) is 9.14. The molecule has 0 fully saturated rings. The number of carbonyl (C=O) groups is 1. The van der Waals surface area contributed by atoms with Crippen molar-refractivity contribution in [2.75, 3.05) is 11.1 Å². The number of hydrogen-bond acceptors (Lipinski definition) is 6. The molecule has 0 bridgehead atoms. The second-order valence-electron chi connectivity index (χ2n) is 6.84. The quantitative estimate of drug-likeness (QED) is 0.303. The molecule has 1 aliphatic rings. The molecule has 152 valence electrons. The number of fused-ring (bicyclic) bond motifs is 1. The smallest absolute Gasteiger partial charge is 0.337 e. The fourth-order valence-corrected chi connectivity index (χ4v) is 3.90. The first-order chi connectivity index (χ1) is 13.8. The Balaban J connectivity index is 2.18. The van der Waals surface area contributed by atoms with Gasteiger partial charge in [0.15, 0.2) is 5.16 Å². The van der Waals surface area contributed by atoms with Crippen LogP contribution in [0.25, 0.3) is 0 Å². The average Bonchev–Trinajstić information content (AvgIpc) is 2.65. The van der Waals surface area contributed by atoms with Crippen LogP contribution in [0.15, 0.2) is 58.1 Å². The van der Waals surface area contributed by atoms with E-state index >= 15 is 0 Å². The number of H-pyrrole nitrogens is 1. The third kappa shape index (κ3) is 4.57. The van der Waals surface area contributed by atoms with Crippen molar-refractivity contribution in [3.63, 3.8) is 0 Å². The van der Waals surface area contributed by atoms with E-state index in [2.05, 4.69) is 21.9 Å². The van der Waals surface area contributed by atoms with Crippen molar-refractivity contribution in [2.45, 2.75) is 37.9 Å². The zero-order valence-corrected chi connectivity index (χ0v) is 18.0. The molecule has 0 spiro atoms. The molecule has 2 heterocycles. The first kappa shape index (κ1) is 21.2. The molecule has 0 saturated heterocycles. The van der Waals surface area contributed by atoms with E-state index in [-0.39, 0.29) is 11.7 Å².